The summed E-state index contributed by atoms with van der Waals surface area (Å²) >= 11 is 0. The maximum atomic E-state index is 12.5. The summed E-state index contributed by atoms with van der Waals surface area (Å²) in [7, 11) is 0. The predicted molar refractivity (Wildman–Crippen MR) is 99.0 cm³/mol. The summed E-state index contributed by atoms with van der Waals surface area (Å²) in [5.41, 5.74) is 1.24. The Kier molecular flexibility index (Phi) is 3.62. The van der Waals surface area contributed by atoms with Crippen LogP contribution in [0.5, 0.6) is 11.5 Å². The number of likely N-dealkylation sites (tertiary alicyclic amines) is 1. The Morgan fingerprint density at radius 2 is 1.96 bits per heavy atom. The topological polar surface area (TPSA) is 81.5 Å². The third-order valence-electron chi connectivity index (χ3n) is 6.30. The third-order valence-corrected chi connectivity index (χ3v) is 6.30. The van der Waals surface area contributed by atoms with Crippen LogP contribution in [0.1, 0.15) is 34.8 Å². The normalized spacial score (nSPS) is 25.4. The molecule has 2 fully saturated rings. The molecule has 1 saturated carbocycles. The van der Waals surface area contributed by atoms with Gasteiger partial charge in [-0.25, -0.2) is 0 Å². The molecule has 146 valence electrons. The first-order valence-electron chi connectivity index (χ1n) is 10.1. The molecular weight excluding hydrogens is 358 g/mol. The molecule has 1 aromatic carbocycles. The van der Waals surface area contributed by atoms with Crippen molar-refractivity contribution in [3.8, 4) is 11.5 Å². The van der Waals surface area contributed by atoms with Crippen molar-refractivity contribution in [2.75, 3.05) is 19.9 Å². The monoisotopic (exact) mass is 381 g/mol. The second-order valence-electron chi connectivity index (χ2n) is 8.40. The molecule has 1 aromatic heterocycles. The summed E-state index contributed by atoms with van der Waals surface area (Å²) in [6, 6.07) is 6.53. The number of ether oxygens (including phenoxy) is 2. The van der Waals surface area contributed by atoms with Crippen LogP contribution in [0.25, 0.3) is 0 Å². The number of amides is 1. The lowest BCUT2D eigenvalue weighted by Gasteiger charge is -2.25. The minimum atomic E-state index is -0.0742. The maximum Gasteiger partial charge on any atom is 0.289 e. The highest BCUT2D eigenvalue weighted by Crippen LogP contribution is 2.36. The fourth-order valence-corrected chi connectivity index (χ4v) is 4.69. The fourth-order valence-electron chi connectivity index (χ4n) is 4.69. The highest BCUT2D eigenvalue weighted by Gasteiger charge is 2.39. The SMILES string of the molecule is O=C(NC1CC1)c1nnc2n1C[C@H]1CN(Cc3ccc4c(c3)OCO4)C[C@H]1C2. The summed E-state index contributed by atoms with van der Waals surface area (Å²) in [6.07, 6.45) is 3.05. The molecule has 4 heterocycles. The van der Waals surface area contributed by atoms with Gasteiger partial charge < -0.3 is 19.4 Å². The molecular formula is C20H23N5O3. The van der Waals surface area contributed by atoms with E-state index < -0.39 is 0 Å². The Bertz CT molecular complexity index is 938. The zero-order valence-corrected chi connectivity index (χ0v) is 15.6. The quantitative estimate of drug-likeness (QED) is 0.857. The molecule has 2 aromatic rings. The Morgan fingerprint density at radius 1 is 1.11 bits per heavy atom. The van der Waals surface area contributed by atoms with Gasteiger partial charge in [0.2, 0.25) is 12.6 Å². The number of hydrogen-bond acceptors (Lipinski definition) is 6. The molecule has 1 amide bonds. The molecule has 28 heavy (non-hydrogen) atoms. The van der Waals surface area contributed by atoms with Crippen molar-refractivity contribution < 1.29 is 14.3 Å². The van der Waals surface area contributed by atoms with Gasteiger partial charge in [0.25, 0.3) is 5.91 Å². The lowest BCUT2D eigenvalue weighted by atomic mass is 9.89. The van der Waals surface area contributed by atoms with E-state index in [2.05, 4.69) is 32.5 Å². The summed E-state index contributed by atoms with van der Waals surface area (Å²) < 4.78 is 12.9. The van der Waals surface area contributed by atoms with E-state index in [0.29, 0.717) is 30.5 Å². The summed E-state index contributed by atoms with van der Waals surface area (Å²) in [6.45, 7) is 4.12. The van der Waals surface area contributed by atoms with Gasteiger partial charge in [-0.15, -0.1) is 10.2 Å². The summed E-state index contributed by atoms with van der Waals surface area (Å²) in [4.78, 5) is 14.9. The summed E-state index contributed by atoms with van der Waals surface area (Å²) in [5, 5.41) is 11.5. The summed E-state index contributed by atoms with van der Waals surface area (Å²) in [5.74, 6) is 4.13. The largest absolute Gasteiger partial charge is 0.454 e. The van der Waals surface area contributed by atoms with Crippen LogP contribution in [0.15, 0.2) is 18.2 Å². The number of fused-ring (bicyclic) bond motifs is 3. The van der Waals surface area contributed by atoms with E-state index in [-0.39, 0.29) is 5.91 Å². The average molecular weight is 381 g/mol. The van der Waals surface area contributed by atoms with Crippen LogP contribution >= 0.6 is 0 Å². The zero-order valence-electron chi connectivity index (χ0n) is 15.6. The third kappa shape index (κ3) is 2.83. The molecule has 8 heteroatoms. The number of nitrogens with zero attached hydrogens (tertiary/aromatic N) is 4. The number of carbonyl (C=O) groups excluding carboxylic acids is 1. The van der Waals surface area contributed by atoms with Gasteiger partial charge in [0.1, 0.15) is 5.82 Å². The van der Waals surface area contributed by atoms with Gasteiger partial charge in [-0.3, -0.25) is 9.69 Å². The molecule has 1 aliphatic carbocycles. The van der Waals surface area contributed by atoms with Gasteiger partial charge in [-0.05, 0) is 42.4 Å². The Morgan fingerprint density at radius 3 is 2.86 bits per heavy atom. The number of nitrogens with one attached hydrogen (secondary N) is 1. The molecule has 6 rings (SSSR count). The Hall–Kier alpha value is -2.61. The number of hydrogen-bond donors (Lipinski definition) is 1. The first-order chi connectivity index (χ1) is 13.7. The van der Waals surface area contributed by atoms with Crippen LogP contribution in [0.4, 0.5) is 0 Å². The standard InChI is InChI=1S/C20H23N5O3/c26-20(21-15-2-3-15)19-23-22-18-6-13-8-24(9-14(13)10-25(18)19)7-12-1-4-16-17(5-12)28-11-27-16/h1,4-5,13-15H,2-3,6-11H2,(H,21,26)/t13-,14-/m1/s1. The van der Waals surface area contributed by atoms with Crippen molar-refractivity contribution in [3.05, 3.63) is 35.4 Å². The Balaban J connectivity index is 1.15. The minimum Gasteiger partial charge on any atom is -0.454 e. The lowest BCUT2D eigenvalue weighted by molar-refractivity contribution is 0.0932. The Labute approximate surface area is 162 Å². The highest BCUT2D eigenvalue weighted by molar-refractivity contribution is 5.91. The molecule has 1 N–H and O–H groups in total. The molecule has 0 unspecified atom stereocenters. The molecule has 0 spiro atoms. The maximum absolute atomic E-state index is 12.5. The molecule has 2 atom stereocenters. The fraction of sp³-hybridized carbons (Fsp3) is 0.550. The number of carbonyl (C=O) groups is 1. The number of rotatable bonds is 4. The van der Waals surface area contributed by atoms with Crippen LogP contribution in [-0.4, -0.2) is 51.5 Å². The average Bonchev–Trinajstić information content (AvgIpc) is 3.07. The van der Waals surface area contributed by atoms with E-state index in [0.717, 1.165) is 62.8 Å². The molecule has 3 aliphatic heterocycles. The van der Waals surface area contributed by atoms with Crippen LogP contribution in [-0.2, 0) is 19.5 Å². The number of aromatic nitrogens is 3. The smallest absolute Gasteiger partial charge is 0.289 e. The van der Waals surface area contributed by atoms with Crippen LogP contribution in [0, 0.1) is 11.8 Å². The second-order valence-corrected chi connectivity index (χ2v) is 8.40. The molecule has 0 bridgehead atoms. The molecule has 1 saturated heterocycles. The van der Waals surface area contributed by atoms with Crippen molar-refractivity contribution >= 4 is 5.91 Å². The van der Waals surface area contributed by atoms with Gasteiger partial charge in [-0.1, -0.05) is 6.07 Å². The van der Waals surface area contributed by atoms with Crippen LogP contribution in [0.2, 0.25) is 0 Å². The molecule has 4 aliphatic rings. The minimum absolute atomic E-state index is 0.0742. The first kappa shape index (κ1) is 16.4. The second kappa shape index (κ2) is 6.20. The zero-order chi connectivity index (χ0) is 18.7. The van der Waals surface area contributed by atoms with E-state index in [4.69, 9.17) is 9.47 Å². The van der Waals surface area contributed by atoms with Crippen molar-refractivity contribution in [2.24, 2.45) is 11.8 Å². The van der Waals surface area contributed by atoms with E-state index in [9.17, 15) is 4.79 Å². The van der Waals surface area contributed by atoms with E-state index >= 15 is 0 Å². The van der Waals surface area contributed by atoms with E-state index in [1.54, 1.807) is 0 Å². The van der Waals surface area contributed by atoms with E-state index in [1.165, 1.54) is 5.56 Å². The van der Waals surface area contributed by atoms with Crippen molar-refractivity contribution in [2.45, 2.75) is 38.4 Å². The predicted octanol–water partition coefficient (Wildman–Crippen LogP) is 1.20. The highest BCUT2D eigenvalue weighted by atomic mass is 16.7. The van der Waals surface area contributed by atoms with Crippen molar-refractivity contribution in [3.63, 3.8) is 0 Å². The van der Waals surface area contributed by atoms with E-state index in [1.807, 2.05) is 10.6 Å². The lowest BCUT2D eigenvalue weighted by Crippen LogP contribution is -2.33. The van der Waals surface area contributed by atoms with Crippen molar-refractivity contribution in [1.82, 2.24) is 25.0 Å². The van der Waals surface area contributed by atoms with Crippen molar-refractivity contribution in [1.29, 1.82) is 0 Å². The van der Waals surface area contributed by atoms with Crippen LogP contribution < -0.4 is 14.8 Å². The van der Waals surface area contributed by atoms with Gasteiger partial charge in [0.15, 0.2) is 11.5 Å². The molecule has 8 nitrogen and oxygen atoms in total. The van der Waals surface area contributed by atoms with Gasteiger partial charge in [0.05, 0.1) is 0 Å². The number of benzene rings is 1. The molecule has 0 radical (unpaired) electrons. The van der Waals surface area contributed by atoms with Gasteiger partial charge >= 0.3 is 0 Å². The van der Waals surface area contributed by atoms with Crippen LogP contribution in [0.3, 0.4) is 0 Å². The van der Waals surface area contributed by atoms with Gasteiger partial charge in [0, 0.05) is 38.6 Å². The first-order valence-corrected chi connectivity index (χ1v) is 10.1. The van der Waals surface area contributed by atoms with Gasteiger partial charge in [-0.2, -0.15) is 0 Å².